The second-order valence-corrected chi connectivity index (χ2v) is 6.25. The summed E-state index contributed by atoms with van der Waals surface area (Å²) in [5.74, 6) is 0.542. The Bertz CT molecular complexity index is 224. The Morgan fingerprint density at radius 1 is 1.14 bits per heavy atom. The predicted octanol–water partition coefficient (Wildman–Crippen LogP) is 1.72. The lowest BCUT2D eigenvalue weighted by Crippen LogP contribution is -2.21. The second kappa shape index (κ2) is 7.23. The molecule has 0 aromatic rings. The molecule has 0 fully saturated rings. The van der Waals surface area contributed by atoms with Gasteiger partial charge in [0.15, 0.2) is 0 Å². The molecule has 0 aromatic carbocycles. The quantitative estimate of drug-likeness (QED) is 0.679. The molecule has 0 spiro atoms. The zero-order valence-corrected chi connectivity index (χ0v) is 10.1. The molecule has 0 bridgehead atoms. The van der Waals surface area contributed by atoms with Crippen molar-refractivity contribution in [2.75, 3.05) is 11.5 Å². The summed E-state index contributed by atoms with van der Waals surface area (Å²) in [5, 5.41) is 0. The third-order valence-corrected chi connectivity index (χ3v) is 4.19. The molecule has 0 radical (unpaired) electrons. The monoisotopic (exact) mass is 221 g/mol. The van der Waals surface area contributed by atoms with Crippen molar-refractivity contribution in [2.45, 2.75) is 52.0 Å². The van der Waals surface area contributed by atoms with Crippen LogP contribution in [-0.2, 0) is 9.84 Å². The first kappa shape index (κ1) is 13.9. The van der Waals surface area contributed by atoms with Gasteiger partial charge in [-0.15, -0.1) is 0 Å². The van der Waals surface area contributed by atoms with Gasteiger partial charge in [-0.05, 0) is 19.3 Å². The predicted molar refractivity (Wildman–Crippen MR) is 61.1 cm³/mol. The molecule has 4 heteroatoms. The number of sulfone groups is 1. The molecule has 14 heavy (non-hydrogen) atoms. The highest BCUT2D eigenvalue weighted by Gasteiger charge is 2.08. The minimum Gasteiger partial charge on any atom is -0.328 e. The van der Waals surface area contributed by atoms with E-state index in [0.717, 1.165) is 25.7 Å². The summed E-state index contributed by atoms with van der Waals surface area (Å²) < 4.78 is 22.3. The van der Waals surface area contributed by atoms with E-state index in [2.05, 4.69) is 6.92 Å². The molecule has 0 saturated carbocycles. The van der Waals surface area contributed by atoms with Gasteiger partial charge in [0.2, 0.25) is 0 Å². The molecule has 0 heterocycles. The Balaban J connectivity index is 3.54. The van der Waals surface area contributed by atoms with Crippen LogP contribution in [-0.4, -0.2) is 26.0 Å². The fourth-order valence-electron chi connectivity index (χ4n) is 1.32. The van der Waals surface area contributed by atoms with E-state index in [0.29, 0.717) is 12.2 Å². The molecular formula is C10H23NO2S. The largest absolute Gasteiger partial charge is 0.328 e. The van der Waals surface area contributed by atoms with E-state index in [-0.39, 0.29) is 11.8 Å². The van der Waals surface area contributed by atoms with Crippen LogP contribution >= 0.6 is 0 Å². The maximum Gasteiger partial charge on any atom is 0.150 e. The van der Waals surface area contributed by atoms with E-state index in [4.69, 9.17) is 5.73 Å². The van der Waals surface area contributed by atoms with E-state index in [1.54, 1.807) is 6.92 Å². The van der Waals surface area contributed by atoms with Crippen molar-refractivity contribution in [1.29, 1.82) is 0 Å². The van der Waals surface area contributed by atoms with Gasteiger partial charge in [-0.3, -0.25) is 0 Å². The Morgan fingerprint density at radius 3 is 2.21 bits per heavy atom. The summed E-state index contributed by atoms with van der Waals surface area (Å²) in [7, 11) is -2.79. The molecule has 2 N–H and O–H groups in total. The Kier molecular flexibility index (Phi) is 7.19. The third kappa shape index (κ3) is 7.33. The SMILES string of the molecule is CCCCC(N)CCCS(=O)(=O)CC. The van der Waals surface area contributed by atoms with Crippen LogP contribution in [0.5, 0.6) is 0 Å². The van der Waals surface area contributed by atoms with Crippen LogP contribution < -0.4 is 5.73 Å². The van der Waals surface area contributed by atoms with Gasteiger partial charge >= 0.3 is 0 Å². The summed E-state index contributed by atoms with van der Waals surface area (Å²) in [6, 6.07) is 0.182. The van der Waals surface area contributed by atoms with Crippen LogP contribution in [0.3, 0.4) is 0 Å². The number of hydrogen-bond donors (Lipinski definition) is 1. The van der Waals surface area contributed by atoms with Crippen LogP contribution in [0, 0.1) is 0 Å². The molecule has 0 aliphatic carbocycles. The standard InChI is InChI=1S/C10H23NO2S/c1-3-5-7-10(11)8-6-9-14(12,13)4-2/h10H,3-9,11H2,1-2H3. The van der Waals surface area contributed by atoms with Crippen LogP contribution in [0.2, 0.25) is 0 Å². The van der Waals surface area contributed by atoms with Gasteiger partial charge in [0.25, 0.3) is 0 Å². The van der Waals surface area contributed by atoms with Crippen molar-refractivity contribution >= 4 is 9.84 Å². The minimum absolute atomic E-state index is 0.182. The summed E-state index contributed by atoms with van der Waals surface area (Å²) in [6.07, 6.45) is 4.85. The molecule has 0 amide bonds. The Morgan fingerprint density at radius 2 is 1.71 bits per heavy atom. The van der Waals surface area contributed by atoms with Crippen LogP contribution in [0.25, 0.3) is 0 Å². The number of hydrogen-bond acceptors (Lipinski definition) is 3. The molecule has 0 rings (SSSR count). The van der Waals surface area contributed by atoms with Crippen molar-refractivity contribution in [2.24, 2.45) is 5.73 Å². The number of rotatable bonds is 8. The van der Waals surface area contributed by atoms with Crippen LogP contribution in [0.1, 0.15) is 46.0 Å². The van der Waals surface area contributed by atoms with Gasteiger partial charge in [-0.2, -0.15) is 0 Å². The van der Waals surface area contributed by atoms with E-state index in [9.17, 15) is 8.42 Å². The molecule has 1 unspecified atom stereocenters. The number of unbranched alkanes of at least 4 members (excludes halogenated alkanes) is 1. The molecule has 0 saturated heterocycles. The number of nitrogens with two attached hydrogens (primary N) is 1. The van der Waals surface area contributed by atoms with E-state index in [1.165, 1.54) is 0 Å². The second-order valence-electron chi connectivity index (χ2n) is 3.78. The zero-order chi connectivity index (χ0) is 11.0. The van der Waals surface area contributed by atoms with Crippen molar-refractivity contribution in [3.63, 3.8) is 0 Å². The van der Waals surface area contributed by atoms with Gasteiger partial charge in [0.1, 0.15) is 9.84 Å². The summed E-state index contributed by atoms with van der Waals surface area (Å²) in [6.45, 7) is 3.82. The highest BCUT2D eigenvalue weighted by Crippen LogP contribution is 2.06. The zero-order valence-electron chi connectivity index (χ0n) is 9.33. The van der Waals surface area contributed by atoms with Crippen molar-refractivity contribution < 1.29 is 8.42 Å². The van der Waals surface area contributed by atoms with E-state index < -0.39 is 9.84 Å². The molecule has 86 valence electrons. The lowest BCUT2D eigenvalue weighted by Gasteiger charge is -2.10. The molecule has 0 aliphatic rings. The van der Waals surface area contributed by atoms with E-state index in [1.807, 2.05) is 0 Å². The first-order valence-electron chi connectivity index (χ1n) is 5.47. The summed E-state index contributed by atoms with van der Waals surface area (Å²) in [4.78, 5) is 0. The van der Waals surface area contributed by atoms with Gasteiger partial charge < -0.3 is 5.73 Å². The van der Waals surface area contributed by atoms with Crippen LogP contribution in [0.4, 0.5) is 0 Å². The summed E-state index contributed by atoms with van der Waals surface area (Å²) >= 11 is 0. The van der Waals surface area contributed by atoms with Gasteiger partial charge in [-0.1, -0.05) is 26.7 Å². The fraction of sp³-hybridized carbons (Fsp3) is 1.00. The molecule has 3 nitrogen and oxygen atoms in total. The molecule has 0 aliphatic heterocycles. The maximum absolute atomic E-state index is 11.2. The Labute approximate surface area is 88.0 Å². The first-order chi connectivity index (χ1) is 6.52. The fourth-order valence-corrected chi connectivity index (χ4v) is 2.22. The lowest BCUT2D eigenvalue weighted by atomic mass is 10.1. The third-order valence-electron chi connectivity index (χ3n) is 2.40. The van der Waals surface area contributed by atoms with E-state index >= 15 is 0 Å². The smallest absolute Gasteiger partial charge is 0.150 e. The molecule has 0 aromatic heterocycles. The first-order valence-corrected chi connectivity index (χ1v) is 7.30. The van der Waals surface area contributed by atoms with Crippen molar-refractivity contribution in [1.82, 2.24) is 0 Å². The average molecular weight is 221 g/mol. The van der Waals surface area contributed by atoms with Crippen molar-refractivity contribution in [3.8, 4) is 0 Å². The topological polar surface area (TPSA) is 60.2 Å². The Hall–Kier alpha value is -0.0900. The average Bonchev–Trinajstić information content (AvgIpc) is 2.14. The highest BCUT2D eigenvalue weighted by atomic mass is 32.2. The van der Waals surface area contributed by atoms with Gasteiger partial charge in [-0.25, -0.2) is 8.42 Å². The van der Waals surface area contributed by atoms with Crippen LogP contribution in [0.15, 0.2) is 0 Å². The highest BCUT2D eigenvalue weighted by molar-refractivity contribution is 7.91. The summed E-state index contributed by atoms with van der Waals surface area (Å²) in [5.41, 5.74) is 5.84. The van der Waals surface area contributed by atoms with Crippen molar-refractivity contribution in [3.05, 3.63) is 0 Å². The van der Waals surface area contributed by atoms with Gasteiger partial charge in [0, 0.05) is 11.8 Å². The normalized spacial score (nSPS) is 14.2. The minimum atomic E-state index is -2.79. The molecule has 1 atom stereocenters. The van der Waals surface area contributed by atoms with Gasteiger partial charge in [0.05, 0.1) is 5.75 Å². The molecular weight excluding hydrogens is 198 g/mol. The lowest BCUT2D eigenvalue weighted by molar-refractivity contribution is 0.531. The maximum atomic E-state index is 11.2.